The lowest BCUT2D eigenvalue weighted by atomic mass is 10.1. The molecule has 0 N–H and O–H groups in total. The summed E-state index contributed by atoms with van der Waals surface area (Å²) in [6, 6.07) is 5.57. The van der Waals surface area contributed by atoms with Crippen LogP contribution in [0.5, 0.6) is 0 Å². The minimum absolute atomic E-state index is 0.347. The molecule has 0 spiro atoms. The molecule has 1 aromatic rings. The summed E-state index contributed by atoms with van der Waals surface area (Å²) in [7, 11) is -1.25. The van der Waals surface area contributed by atoms with Gasteiger partial charge in [0, 0.05) is 4.47 Å². The summed E-state index contributed by atoms with van der Waals surface area (Å²) in [5.41, 5.74) is 1.61. The van der Waals surface area contributed by atoms with Crippen molar-refractivity contribution >= 4 is 44.2 Å². The van der Waals surface area contributed by atoms with Crippen molar-refractivity contribution < 1.29 is 4.21 Å². The van der Waals surface area contributed by atoms with E-state index in [2.05, 4.69) is 20.3 Å². The molecule has 0 fully saturated rings. The Kier molecular flexibility index (Phi) is 4.93. The standard InChI is InChI=1S/C12H15BrClNOS/c1-8(15-17(16)12(2,3)4)9-5-6-10(13)11(14)7-9/h5-7H,1-4H3/t17-/m1/s1. The SMILES string of the molecule is CC(=N[S@](=O)C(C)(C)C)c1ccc(Br)c(Cl)c1. The molecule has 1 atom stereocenters. The van der Waals surface area contributed by atoms with Gasteiger partial charge in [0.1, 0.15) is 11.0 Å². The number of rotatable bonds is 2. The molecular formula is C12H15BrClNOS. The monoisotopic (exact) mass is 335 g/mol. The quantitative estimate of drug-likeness (QED) is 0.737. The van der Waals surface area contributed by atoms with E-state index in [0.717, 1.165) is 15.7 Å². The lowest BCUT2D eigenvalue weighted by Gasteiger charge is -2.14. The molecule has 1 rings (SSSR count). The highest BCUT2D eigenvalue weighted by Crippen LogP contribution is 2.24. The Labute approximate surface area is 118 Å². The Morgan fingerprint density at radius 3 is 2.47 bits per heavy atom. The molecule has 2 nitrogen and oxygen atoms in total. The van der Waals surface area contributed by atoms with Gasteiger partial charge in [-0.15, -0.1) is 0 Å². The molecule has 0 saturated heterocycles. The van der Waals surface area contributed by atoms with E-state index in [-0.39, 0.29) is 4.75 Å². The van der Waals surface area contributed by atoms with Crippen LogP contribution in [0.25, 0.3) is 0 Å². The Hall–Kier alpha value is -0.190. The summed E-state index contributed by atoms with van der Waals surface area (Å²) in [4.78, 5) is 0. The van der Waals surface area contributed by atoms with E-state index < -0.39 is 11.0 Å². The topological polar surface area (TPSA) is 29.4 Å². The third-order valence-electron chi connectivity index (χ3n) is 2.08. The molecule has 0 aromatic heterocycles. The van der Waals surface area contributed by atoms with E-state index in [9.17, 15) is 4.21 Å². The lowest BCUT2D eigenvalue weighted by molar-refractivity contribution is 0.650. The molecule has 0 unspecified atom stereocenters. The minimum Gasteiger partial charge on any atom is -0.234 e. The summed E-state index contributed by atoms with van der Waals surface area (Å²) in [5.74, 6) is 0. The molecule has 0 radical (unpaired) electrons. The van der Waals surface area contributed by atoms with E-state index in [1.54, 1.807) is 0 Å². The van der Waals surface area contributed by atoms with Crippen LogP contribution in [0.1, 0.15) is 33.3 Å². The lowest BCUT2D eigenvalue weighted by Crippen LogP contribution is -2.20. The van der Waals surface area contributed by atoms with Gasteiger partial charge in [-0.3, -0.25) is 0 Å². The summed E-state index contributed by atoms with van der Waals surface area (Å²) < 4.78 is 16.6. The van der Waals surface area contributed by atoms with E-state index in [0.29, 0.717) is 5.02 Å². The Balaban J connectivity index is 3.04. The first-order valence-corrected chi connectivity index (χ1v) is 7.42. The zero-order valence-electron chi connectivity index (χ0n) is 10.3. The highest BCUT2D eigenvalue weighted by atomic mass is 79.9. The average molecular weight is 337 g/mol. The van der Waals surface area contributed by atoms with Crippen LogP contribution in [0.3, 0.4) is 0 Å². The fourth-order valence-corrected chi connectivity index (χ4v) is 2.09. The first-order valence-electron chi connectivity index (χ1n) is 5.14. The smallest absolute Gasteiger partial charge is 0.145 e. The van der Waals surface area contributed by atoms with Gasteiger partial charge >= 0.3 is 0 Å². The summed E-state index contributed by atoms with van der Waals surface area (Å²) in [6.45, 7) is 7.53. The molecule has 5 heteroatoms. The van der Waals surface area contributed by atoms with Gasteiger partial charge in [-0.05, 0) is 61.3 Å². The normalized spacial score (nSPS) is 14.8. The predicted octanol–water partition coefficient (Wildman–Crippen LogP) is 4.37. The van der Waals surface area contributed by atoms with Gasteiger partial charge in [0.2, 0.25) is 0 Å². The first-order chi connectivity index (χ1) is 7.71. The van der Waals surface area contributed by atoms with Crippen molar-refractivity contribution in [3.63, 3.8) is 0 Å². The van der Waals surface area contributed by atoms with Crippen molar-refractivity contribution in [3.05, 3.63) is 33.3 Å². The van der Waals surface area contributed by atoms with Crippen molar-refractivity contribution in [2.24, 2.45) is 4.40 Å². The van der Waals surface area contributed by atoms with Crippen LogP contribution in [-0.2, 0) is 11.0 Å². The van der Waals surface area contributed by atoms with E-state index in [4.69, 9.17) is 11.6 Å². The largest absolute Gasteiger partial charge is 0.234 e. The molecular weight excluding hydrogens is 322 g/mol. The maximum Gasteiger partial charge on any atom is 0.145 e. The Morgan fingerprint density at radius 2 is 2.00 bits per heavy atom. The second-order valence-electron chi connectivity index (χ2n) is 4.67. The van der Waals surface area contributed by atoms with Crippen molar-refractivity contribution in [1.29, 1.82) is 0 Å². The van der Waals surface area contributed by atoms with Crippen LogP contribution in [0, 0.1) is 0 Å². The van der Waals surface area contributed by atoms with Crippen LogP contribution >= 0.6 is 27.5 Å². The first kappa shape index (κ1) is 14.9. The Bertz CT molecular complexity index is 480. The van der Waals surface area contributed by atoms with Gasteiger partial charge in [-0.2, -0.15) is 4.40 Å². The van der Waals surface area contributed by atoms with Gasteiger partial charge in [0.15, 0.2) is 0 Å². The molecule has 1 aromatic carbocycles. The zero-order valence-corrected chi connectivity index (χ0v) is 13.4. The van der Waals surface area contributed by atoms with E-state index in [1.807, 2.05) is 45.9 Å². The summed E-state index contributed by atoms with van der Waals surface area (Å²) >= 11 is 9.34. The number of halogens is 2. The fourth-order valence-electron chi connectivity index (χ4n) is 1.04. The maximum atomic E-state index is 11.9. The molecule has 0 aliphatic heterocycles. The molecule has 0 heterocycles. The van der Waals surface area contributed by atoms with Gasteiger partial charge in [-0.1, -0.05) is 17.7 Å². The number of benzene rings is 1. The van der Waals surface area contributed by atoms with Crippen molar-refractivity contribution in [2.45, 2.75) is 32.4 Å². The summed E-state index contributed by atoms with van der Waals surface area (Å²) in [5, 5.41) is 0.624. The van der Waals surface area contributed by atoms with Crippen molar-refractivity contribution in [3.8, 4) is 0 Å². The minimum atomic E-state index is -1.25. The van der Waals surface area contributed by atoms with Crippen LogP contribution in [-0.4, -0.2) is 14.7 Å². The van der Waals surface area contributed by atoms with E-state index in [1.165, 1.54) is 0 Å². The van der Waals surface area contributed by atoms with Crippen molar-refractivity contribution in [2.75, 3.05) is 0 Å². The molecule has 94 valence electrons. The number of hydrogen-bond donors (Lipinski definition) is 0. The molecule has 17 heavy (non-hydrogen) atoms. The highest BCUT2D eigenvalue weighted by Gasteiger charge is 2.19. The number of nitrogens with zero attached hydrogens (tertiary/aromatic N) is 1. The second kappa shape index (κ2) is 5.63. The second-order valence-corrected chi connectivity index (χ2v) is 7.83. The highest BCUT2D eigenvalue weighted by molar-refractivity contribution is 9.10. The molecule has 0 bridgehead atoms. The third-order valence-corrected chi connectivity index (χ3v) is 4.80. The molecule has 0 aliphatic carbocycles. The molecule has 0 saturated carbocycles. The van der Waals surface area contributed by atoms with Crippen molar-refractivity contribution in [1.82, 2.24) is 0 Å². The van der Waals surface area contributed by atoms with Gasteiger partial charge in [-0.25, -0.2) is 4.21 Å². The van der Waals surface area contributed by atoms with Crippen LogP contribution in [0.2, 0.25) is 5.02 Å². The fraction of sp³-hybridized carbons (Fsp3) is 0.417. The van der Waals surface area contributed by atoms with E-state index >= 15 is 0 Å². The summed E-state index contributed by atoms with van der Waals surface area (Å²) in [6.07, 6.45) is 0. The third kappa shape index (κ3) is 4.19. The van der Waals surface area contributed by atoms with Crippen LogP contribution in [0.15, 0.2) is 27.1 Å². The molecule has 0 aliphatic rings. The average Bonchev–Trinajstić information content (AvgIpc) is 2.20. The number of hydrogen-bond acceptors (Lipinski definition) is 1. The maximum absolute atomic E-state index is 11.9. The molecule has 0 amide bonds. The van der Waals surface area contributed by atoms with Crippen LogP contribution in [0.4, 0.5) is 0 Å². The Morgan fingerprint density at radius 1 is 1.41 bits per heavy atom. The van der Waals surface area contributed by atoms with Gasteiger partial charge in [0.25, 0.3) is 0 Å². The zero-order chi connectivity index (χ0) is 13.2. The predicted molar refractivity (Wildman–Crippen MR) is 79.3 cm³/mol. The van der Waals surface area contributed by atoms with Gasteiger partial charge in [0.05, 0.1) is 15.5 Å². The van der Waals surface area contributed by atoms with Crippen LogP contribution < -0.4 is 0 Å². The van der Waals surface area contributed by atoms with Gasteiger partial charge < -0.3 is 0 Å².